The number of non-ortho nitro benzene ring substituents is 1. The second-order valence-corrected chi connectivity index (χ2v) is 7.13. The van der Waals surface area contributed by atoms with E-state index in [1.165, 1.54) is 12.1 Å². The first-order valence-electron chi connectivity index (χ1n) is 9.38. The van der Waals surface area contributed by atoms with Gasteiger partial charge in [-0.25, -0.2) is 0 Å². The molecule has 0 spiro atoms. The van der Waals surface area contributed by atoms with E-state index in [9.17, 15) is 14.9 Å². The van der Waals surface area contributed by atoms with Crippen LogP contribution in [0.3, 0.4) is 0 Å². The number of carbonyl (C=O) groups is 1. The van der Waals surface area contributed by atoms with E-state index < -0.39 is 4.92 Å². The highest BCUT2D eigenvalue weighted by Gasteiger charge is 2.19. The molecule has 1 heterocycles. The summed E-state index contributed by atoms with van der Waals surface area (Å²) >= 11 is 5.82. The fourth-order valence-electron chi connectivity index (χ4n) is 3.10. The van der Waals surface area contributed by atoms with Crippen LogP contribution in [0.1, 0.15) is 0 Å². The van der Waals surface area contributed by atoms with Crippen molar-refractivity contribution in [2.24, 2.45) is 0 Å². The van der Waals surface area contributed by atoms with Gasteiger partial charge in [0.25, 0.3) is 5.69 Å². The zero-order valence-electron chi connectivity index (χ0n) is 15.9. The molecular formula is C20H23ClN4O4. The van der Waals surface area contributed by atoms with Crippen molar-refractivity contribution in [2.75, 3.05) is 50.8 Å². The predicted octanol–water partition coefficient (Wildman–Crippen LogP) is 2.57. The molecule has 1 amide bonds. The van der Waals surface area contributed by atoms with Gasteiger partial charge in [-0.1, -0.05) is 11.6 Å². The molecule has 1 fully saturated rings. The first kappa shape index (κ1) is 20.9. The fourth-order valence-corrected chi connectivity index (χ4v) is 3.22. The molecule has 154 valence electrons. The van der Waals surface area contributed by atoms with Crippen molar-refractivity contribution in [1.29, 1.82) is 0 Å². The molecule has 29 heavy (non-hydrogen) atoms. The van der Waals surface area contributed by atoms with Gasteiger partial charge in [-0.05, 0) is 36.4 Å². The molecule has 3 rings (SSSR count). The lowest BCUT2D eigenvalue weighted by atomic mass is 10.2. The number of piperazine rings is 1. The van der Waals surface area contributed by atoms with Crippen molar-refractivity contribution in [2.45, 2.75) is 0 Å². The van der Waals surface area contributed by atoms with Crippen molar-refractivity contribution in [1.82, 2.24) is 10.2 Å². The summed E-state index contributed by atoms with van der Waals surface area (Å²) in [6.45, 7) is 4.22. The number of nitrogens with zero attached hydrogens (tertiary/aromatic N) is 3. The van der Waals surface area contributed by atoms with Crippen molar-refractivity contribution in [3.05, 3.63) is 63.7 Å². The molecule has 0 unspecified atom stereocenters. The highest BCUT2D eigenvalue weighted by molar-refractivity contribution is 6.30. The minimum absolute atomic E-state index is 0.0338. The molecule has 2 aromatic rings. The number of nitrogens with one attached hydrogen (secondary N) is 1. The number of rotatable bonds is 8. The van der Waals surface area contributed by atoms with E-state index in [1.54, 1.807) is 36.4 Å². The SMILES string of the molecule is O=C(CN1CCN(c2ccc([N+](=O)[O-])cc2)CC1)NCCOc1ccc(Cl)cc1. The van der Waals surface area contributed by atoms with E-state index in [1.807, 2.05) is 0 Å². The summed E-state index contributed by atoms with van der Waals surface area (Å²) in [4.78, 5) is 26.7. The Bertz CT molecular complexity index is 821. The first-order valence-corrected chi connectivity index (χ1v) is 9.76. The van der Waals surface area contributed by atoms with E-state index in [4.69, 9.17) is 16.3 Å². The molecule has 0 aromatic heterocycles. The number of halogens is 1. The summed E-state index contributed by atoms with van der Waals surface area (Å²) in [5.41, 5.74) is 1.04. The summed E-state index contributed by atoms with van der Waals surface area (Å²) in [7, 11) is 0. The molecule has 1 aliphatic heterocycles. The molecule has 1 saturated heterocycles. The highest BCUT2D eigenvalue weighted by atomic mass is 35.5. The molecule has 9 heteroatoms. The van der Waals surface area contributed by atoms with Crippen LogP contribution >= 0.6 is 11.6 Å². The molecular weight excluding hydrogens is 396 g/mol. The first-order chi connectivity index (χ1) is 14.0. The summed E-state index contributed by atoms with van der Waals surface area (Å²) in [5.74, 6) is 0.680. The van der Waals surface area contributed by atoms with Crippen LogP contribution in [0.4, 0.5) is 11.4 Å². The van der Waals surface area contributed by atoms with Gasteiger partial charge in [0, 0.05) is 49.0 Å². The summed E-state index contributed by atoms with van der Waals surface area (Å²) in [6.07, 6.45) is 0. The maximum absolute atomic E-state index is 12.1. The van der Waals surface area contributed by atoms with Crippen LogP contribution in [0.5, 0.6) is 5.75 Å². The average Bonchev–Trinajstić information content (AvgIpc) is 2.73. The highest BCUT2D eigenvalue weighted by Crippen LogP contribution is 2.20. The van der Waals surface area contributed by atoms with E-state index in [0.29, 0.717) is 30.5 Å². The van der Waals surface area contributed by atoms with Gasteiger partial charge in [-0.2, -0.15) is 0 Å². The number of hydrogen-bond donors (Lipinski definition) is 1. The van der Waals surface area contributed by atoms with E-state index in [-0.39, 0.29) is 11.6 Å². The minimum atomic E-state index is -0.402. The third-order valence-corrected chi connectivity index (χ3v) is 4.92. The van der Waals surface area contributed by atoms with Crippen molar-refractivity contribution in [3.8, 4) is 5.75 Å². The number of hydrogen-bond acceptors (Lipinski definition) is 6. The second-order valence-electron chi connectivity index (χ2n) is 6.69. The van der Waals surface area contributed by atoms with Gasteiger partial charge in [0.1, 0.15) is 12.4 Å². The Morgan fingerprint density at radius 3 is 2.34 bits per heavy atom. The van der Waals surface area contributed by atoms with Crippen LogP contribution in [-0.2, 0) is 4.79 Å². The maximum Gasteiger partial charge on any atom is 0.269 e. The molecule has 0 saturated carbocycles. The van der Waals surface area contributed by atoms with Gasteiger partial charge in [0.15, 0.2) is 0 Å². The predicted molar refractivity (Wildman–Crippen MR) is 112 cm³/mol. The average molecular weight is 419 g/mol. The number of nitro groups is 1. The van der Waals surface area contributed by atoms with Crippen molar-refractivity contribution >= 4 is 28.9 Å². The van der Waals surface area contributed by atoms with Gasteiger partial charge in [-0.15, -0.1) is 0 Å². The number of nitro benzene ring substituents is 1. The number of amides is 1. The van der Waals surface area contributed by atoms with Gasteiger partial charge in [0.2, 0.25) is 5.91 Å². The lowest BCUT2D eigenvalue weighted by Crippen LogP contribution is -2.49. The van der Waals surface area contributed by atoms with Crippen LogP contribution in [0.25, 0.3) is 0 Å². The van der Waals surface area contributed by atoms with E-state index >= 15 is 0 Å². The zero-order valence-corrected chi connectivity index (χ0v) is 16.7. The second kappa shape index (κ2) is 10.1. The summed E-state index contributed by atoms with van der Waals surface area (Å²) in [5, 5.41) is 14.3. The number of ether oxygens (including phenoxy) is 1. The Hall–Kier alpha value is -2.84. The molecule has 1 N–H and O–H groups in total. The van der Waals surface area contributed by atoms with Gasteiger partial charge in [-0.3, -0.25) is 19.8 Å². The third-order valence-electron chi connectivity index (χ3n) is 4.67. The number of benzene rings is 2. The zero-order chi connectivity index (χ0) is 20.6. The molecule has 0 bridgehead atoms. The monoisotopic (exact) mass is 418 g/mol. The Balaban J connectivity index is 1.34. The van der Waals surface area contributed by atoms with Crippen LogP contribution in [0, 0.1) is 10.1 Å². The third kappa shape index (κ3) is 6.33. The number of carbonyl (C=O) groups excluding carboxylic acids is 1. The fraction of sp³-hybridized carbons (Fsp3) is 0.350. The van der Waals surface area contributed by atoms with Gasteiger partial charge >= 0.3 is 0 Å². The molecule has 0 radical (unpaired) electrons. The van der Waals surface area contributed by atoms with Crippen LogP contribution in [0.15, 0.2) is 48.5 Å². The molecule has 0 aliphatic carbocycles. The van der Waals surface area contributed by atoms with E-state index in [2.05, 4.69) is 15.1 Å². The molecule has 8 nitrogen and oxygen atoms in total. The largest absolute Gasteiger partial charge is 0.492 e. The maximum atomic E-state index is 12.1. The van der Waals surface area contributed by atoms with Crippen LogP contribution in [-0.4, -0.2) is 61.6 Å². The summed E-state index contributed by atoms with van der Waals surface area (Å²) < 4.78 is 5.55. The minimum Gasteiger partial charge on any atom is -0.492 e. The van der Waals surface area contributed by atoms with Gasteiger partial charge < -0.3 is 15.0 Å². The quantitative estimate of drug-likeness (QED) is 0.402. The van der Waals surface area contributed by atoms with Crippen LogP contribution < -0.4 is 15.0 Å². The van der Waals surface area contributed by atoms with E-state index in [0.717, 1.165) is 31.9 Å². The molecule has 2 aromatic carbocycles. The smallest absolute Gasteiger partial charge is 0.269 e. The standard InChI is InChI=1S/C20H23ClN4O4/c21-16-1-7-19(8-2-16)29-14-9-22-20(26)15-23-10-12-24(13-11-23)17-3-5-18(6-4-17)25(27)28/h1-8H,9-15H2,(H,22,26). The molecule has 1 aliphatic rings. The van der Waals surface area contributed by atoms with Crippen molar-refractivity contribution in [3.63, 3.8) is 0 Å². The normalized spacial score (nSPS) is 14.4. The van der Waals surface area contributed by atoms with Crippen LogP contribution in [0.2, 0.25) is 5.02 Å². The lowest BCUT2D eigenvalue weighted by molar-refractivity contribution is -0.384. The van der Waals surface area contributed by atoms with Gasteiger partial charge in [0.05, 0.1) is 18.0 Å². The Labute approximate surface area is 174 Å². The Kier molecular flexibility index (Phi) is 7.26. The molecule has 0 atom stereocenters. The summed E-state index contributed by atoms with van der Waals surface area (Å²) in [6, 6.07) is 13.6. The lowest BCUT2D eigenvalue weighted by Gasteiger charge is -2.35. The topological polar surface area (TPSA) is 88.0 Å². The Morgan fingerprint density at radius 1 is 1.07 bits per heavy atom. The Morgan fingerprint density at radius 2 is 1.72 bits per heavy atom. The van der Waals surface area contributed by atoms with Crippen molar-refractivity contribution < 1.29 is 14.5 Å². The number of anilines is 1.